The van der Waals surface area contributed by atoms with Gasteiger partial charge in [0.15, 0.2) is 0 Å². The fourth-order valence-electron chi connectivity index (χ4n) is 3.92. The number of carbonyl (C=O) groups is 1. The summed E-state index contributed by atoms with van der Waals surface area (Å²) in [4.78, 5) is 17.6. The molecule has 0 saturated carbocycles. The summed E-state index contributed by atoms with van der Waals surface area (Å²) in [6, 6.07) is 11.0. The molecule has 1 atom stereocenters. The number of rotatable bonds is 6. The Bertz CT molecular complexity index is 546. The SMILES string of the molecule is CN1CCC(N(CCc2ccccc2)C(=O)C[C@H]2C=CCC2)CC1. The molecule has 0 unspecified atom stereocenters. The van der Waals surface area contributed by atoms with Gasteiger partial charge in [-0.2, -0.15) is 0 Å². The molecule has 0 N–H and O–H groups in total. The summed E-state index contributed by atoms with van der Waals surface area (Å²) in [5.74, 6) is 0.819. The van der Waals surface area contributed by atoms with Crippen LogP contribution in [0.2, 0.25) is 0 Å². The minimum absolute atomic E-state index is 0.358. The second-order valence-corrected chi connectivity index (χ2v) is 7.33. The zero-order valence-electron chi connectivity index (χ0n) is 14.9. The van der Waals surface area contributed by atoms with Crippen molar-refractivity contribution in [1.82, 2.24) is 9.80 Å². The maximum absolute atomic E-state index is 13.0. The first kappa shape index (κ1) is 17.2. The van der Waals surface area contributed by atoms with E-state index in [1.807, 2.05) is 0 Å². The average molecular weight is 326 g/mol. The number of benzene rings is 1. The minimum Gasteiger partial charge on any atom is -0.339 e. The summed E-state index contributed by atoms with van der Waals surface area (Å²) < 4.78 is 0. The molecule has 1 aromatic carbocycles. The number of likely N-dealkylation sites (tertiary alicyclic amines) is 1. The van der Waals surface area contributed by atoms with E-state index in [0.717, 1.165) is 51.7 Å². The Hall–Kier alpha value is -1.61. The Morgan fingerprint density at radius 3 is 2.58 bits per heavy atom. The van der Waals surface area contributed by atoms with Crippen LogP contribution in [0, 0.1) is 5.92 Å². The summed E-state index contributed by atoms with van der Waals surface area (Å²) in [5, 5.41) is 0. The molecule has 3 nitrogen and oxygen atoms in total. The van der Waals surface area contributed by atoms with Gasteiger partial charge in [-0.3, -0.25) is 4.79 Å². The molecule has 0 radical (unpaired) electrons. The third-order valence-electron chi connectivity index (χ3n) is 5.48. The predicted octanol–water partition coefficient (Wildman–Crippen LogP) is 3.51. The molecule has 1 fully saturated rings. The van der Waals surface area contributed by atoms with Crippen molar-refractivity contribution >= 4 is 5.91 Å². The maximum atomic E-state index is 13.0. The normalized spacial score (nSPS) is 22.0. The van der Waals surface area contributed by atoms with Crippen LogP contribution in [0.1, 0.15) is 37.7 Å². The first-order valence-electron chi connectivity index (χ1n) is 9.41. The van der Waals surface area contributed by atoms with Crippen LogP contribution in [0.4, 0.5) is 0 Å². The second kappa shape index (κ2) is 8.48. The van der Waals surface area contributed by atoms with Crippen LogP contribution in [0.15, 0.2) is 42.5 Å². The van der Waals surface area contributed by atoms with Crippen molar-refractivity contribution in [3.8, 4) is 0 Å². The van der Waals surface area contributed by atoms with E-state index in [4.69, 9.17) is 0 Å². The van der Waals surface area contributed by atoms with E-state index in [0.29, 0.717) is 24.3 Å². The summed E-state index contributed by atoms with van der Waals surface area (Å²) >= 11 is 0. The lowest BCUT2D eigenvalue weighted by atomic mass is 9.99. The molecule has 130 valence electrons. The zero-order chi connectivity index (χ0) is 16.8. The standard InChI is InChI=1S/C21H30N2O/c1-22-14-12-20(13-15-22)23(16-11-18-7-3-2-4-8-18)21(24)17-19-9-5-6-10-19/h2-5,7-9,19-20H,6,10-17H2,1H3/t19-/m0/s1. The molecular weight excluding hydrogens is 296 g/mol. The zero-order valence-corrected chi connectivity index (χ0v) is 14.9. The van der Waals surface area contributed by atoms with Gasteiger partial charge in [-0.15, -0.1) is 0 Å². The van der Waals surface area contributed by atoms with E-state index in [-0.39, 0.29) is 0 Å². The Kier molecular flexibility index (Phi) is 6.08. The van der Waals surface area contributed by atoms with E-state index in [1.165, 1.54) is 5.56 Å². The molecule has 1 aliphatic carbocycles. The summed E-state index contributed by atoms with van der Waals surface area (Å²) in [5.41, 5.74) is 1.32. The number of carbonyl (C=O) groups excluding carboxylic acids is 1. The van der Waals surface area contributed by atoms with E-state index in [2.05, 4.69) is 59.3 Å². The number of piperidine rings is 1. The van der Waals surface area contributed by atoms with Crippen molar-refractivity contribution < 1.29 is 4.79 Å². The number of allylic oxidation sites excluding steroid dienone is 2. The highest BCUT2D eigenvalue weighted by atomic mass is 16.2. The fraction of sp³-hybridized carbons (Fsp3) is 0.571. The lowest BCUT2D eigenvalue weighted by molar-refractivity contribution is -0.135. The lowest BCUT2D eigenvalue weighted by Crippen LogP contribution is -2.47. The predicted molar refractivity (Wildman–Crippen MR) is 98.9 cm³/mol. The largest absolute Gasteiger partial charge is 0.339 e. The van der Waals surface area contributed by atoms with Crippen molar-refractivity contribution in [2.24, 2.45) is 5.92 Å². The summed E-state index contributed by atoms with van der Waals surface area (Å²) in [6.45, 7) is 3.06. The molecule has 24 heavy (non-hydrogen) atoms. The van der Waals surface area contributed by atoms with Crippen molar-refractivity contribution in [3.05, 3.63) is 48.0 Å². The monoisotopic (exact) mass is 326 g/mol. The van der Waals surface area contributed by atoms with Crippen LogP contribution in [-0.2, 0) is 11.2 Å². The Balaban J connectivity index is 1.63. The fourth-order valence-corrected chi connectivity index (χ4v) is 3.92. The van der Waals surface area contributed by atoms with Gasteiger partial charge in [0.2, 0.25) is 5.91 Å². The van der Waals surface area contributed by atoms with E-state index >= 15 is 0 Å². The third kappa shape index (κ3) is 4.70. The second-order valence-electron chi connectivity index (χ2n) is 7.33. The number of nitrogens with zero attached hydrogens (tertiary/aromatic N) is 2. The van der Waals surface area contributed by atoms with E-state index in [9.17, 15) is 4.79 Å². The molecular formula is C21H30N2O. The molecule has 0 bridgehead atoms. The van der Waals surface area contributed by atoms with Gasteiger partial charge < -0.3 is 9.80 Å². The lowest BCUT2D eigenvalue weighted by Gasteiger charge is -2.38. The Labute approximate surface area is 146 Å². The number of hydrogen-bond acceptors (Lipinski definition) is 2. The molecule has 2 aliphatic rings. The van der Waals surface area contributed by atoms with Crippen LogP contribution in [0.25, 0.3) is 0 Å². The first-order chi connectivity index (χ1) is 11.7. The highest BCUT2D eigenvalue weighted by molar-refractivity contribution is 5.77. The van der Waals surface area contributed by atoms with Crippen molar-refractivity contribution in [1.29, 1.82) is 0 Å². The van der Waals surface area contributed by atoms with E-state index in [1.54, 1.807) is 0 Å². The van der Waals surface area contributed by atoms with Gasteiger partial charge >= 0.3 is 0 Å². The van der Waals surface area contributed by atoms with Gasteiger partial charge in [-0.05, 0) is 63.7 Å². The molecule has 1 amide bonds. The smallest absolute Gasteiger partial charge is 0.223 e. The van der Waals surface area contributed by atoms with Gasteiger partial charge in [0.1, 0.15) is 0 Å². The van der Waals surface area contributed by atoms with Crippen LogP contribution >= 0.6 is 0 Å². The Morgan fingerprint density at radius 1 is 1.17 bits per heavy atom. The average Bonchev–Trinajstić information content (AvgIpc) is 3.10. The topological polar surface area (TPSA) is 23.6 Å². The van der Waals surface area contributed by atoms with Gasteiger partial charge in [-0.1, -0.05) is 42.5 Å². The number of hydrogen-bond donors (Lipinski definition) is 0. The van der Waals surface area contributed by atoms with Crippen LogP contribution < -0.4 is 0 Å². The quantitative estimate of drug-likeness (QED) is 0.747. The third-order valence-corrected chi connectivity index (χ3v) is 5.48. The first-order valence-corrected chi connectivity index (χ1v) is 9.41. The maximum Gasteiger partial charge on any atom is 0.223 e. The summed E-state index contributed by atoms with van der Waals surface area (Å²) in [7, 11) is 2.18. The van der Waals surface area contributed by atoms with Crippen molar-refractivity contribution in [2.75, 3.05) is 26.7 Å². The van der Waals surface area contributed by atoms with Gasteiger partial charge in [-0.25, -0.2) is 0 Å². The minimum atomic E-state index is 0.358. The molecule has 3 heteroatoms. The van der Waals surface area contributed by atoms with Crippen molar-refractivity contribution in [2.45, 2.75) is 44.6 Å². The molecule has 0 spiro atoms. The van der Waals surface area contributed by atoms with Gasteiger partial charge in [0, 0.05) is 19.0 Å². The van der Waals surface area contributed by atoms with Gasteiger partial charge in [0.05, 0.1) is 0 Å². The highest BCUT2D eigenvalue weighted by Crippen LogP contribution is 2.24. The molecule has 0 aromatic heterocycles. The van der Waals surface area contributed by atoms with E-state index < -0.39 is 0 Å². The Morgan fingerprint density at radius 2 is 1.92 bits per heavy atom. The van der Waals surface area contributed by atoms with Crippen LogP contribution in [0.3, 0.4) is 0 Å². The molecule has 3 rings (SSSR count). The molecule has 1 aromatic rings. The number of amides is 1. The summed E-state index contributed by atoms with van der Waals surface area (Å²) in [6.07, 6.45) is 10.6. The molecule has 1 saturated heterocycles. The molecule has 1 aliphatic heterocycles. The van der Waals surface area contributed by atoms with Crippen molar-refractivity contribution in [3.63, 3.8) is 0 Å². The highest BCUT2D eigenvalue weighted by Gasteiger charge is 2.28. The van der Waals surface area contributed by atoms with Crippen LogP contribution in [-0.4, -0.2) is 48.4 Å². The van der Waals surface area contributed by atoms with Crippen LogP contribution in [0.5, 0.6) is 0 Å². The van der Waals surface area contributed by atoms with Gasteiger partial charge in [0.25, 0.3) is 0 Å². The molecule has 1 heterocycles.